The minimum Gasteiger partial charge on any atom is -0.478 e. The van der Waals surface area contributed by atoms with Gasteiger partial charge in [-0.1, -0.05) is 28.4 Å². The van der Waals surface area contributed by atoms with Crippen molar-refractivity contribution in [2.24, 2.45) is 0 Å². The van der Waals surface area contributed by atoms with Gasteiger partial charge in [-0.25, -0.2) is 4.79 Å². The lowest BCUT2D eigenvalue weighted by atomic mass is 9.91. The number of aliphatic hydroxyl groups excluding tert-OH is 1. The van der Waals surface area contributed by atoms with E-state index in [-0.39, 0.29) is 6.61 Å². The van der Waals surface area contributed by atoms with Crippen LogP contribution in [0.5, 0.6) is 0 Å². The fourth-order valence-electron chi connectivity index (χ4n) is 2.44. The summed E-state index contributed by atoms with van der Waals surface area (Å²) >= 11 is 3.46. The van der Waals surface area contributed by atoms with Crippen molar-refractivity contribution in [2.45, 2.75) is 38.3 Å². The number of hydrogen-bond acceptors (Lipinski definition) is 3. The maximum atomic E-state index is 10.9. The molecule has 0 unspecified atom stereocenters. The maximum Gasteiger partial charge on any atom is 0.335 e. The molecular weight excluding hydrogens is 322 g/mol. The van der Waals surface area contributed by atoms with E-state index in [0.717, 1.165) is 29.5 Å². The lowest BCUT2D eigenvalue weighted by Crippen LogP contribution is -2.40. The van der Waals surface area contributed by atoms with Gasteiger partial charge in [0.2, 0.25) is 0 Å². The summed E-state index contributed by atoms with van der Waals surface area (Å²) in [6.45, 7) is 1.89. The van der Waals surface area contributed by atoms with Gasteiger partial charge in [0, 0.05) is 30.2 Å². The first kappa shape index (κ1) is 15.5. The van der Waals surface area contributed by atoms with E-state index >= 15 is 0 Å². The summed E-state index contributed by atoms with van der Waals surface area (Å²) < 4.78 is 0.839. The van der Waals surface area contributed by atoms with Gasteiger partial charge in [0.05, 0.1) is 5.56 Å². The highest BCUT2D eigenvalue weighted by atomic mass is 79.9. The zero-order chi connectivity index (χ0) is 14.5. The van der Waals surface area contributed by atoms with E-state index in [1.807, 2.05) is 6.07 Å². The van der Waals surface area contributed by atoms with Gasteiger partial charge >= 0.3 is 5.97 Å². The van der Waals surface area contributed by atoms with Crippen molar-refractivity contribution in [3.63, 3.8) is 0 Å². The molecule has 0 saturated heterocycles. The van der Waals surface area contributed by atoms with Crippen LogP contribution in [0, 0.1) is 0 Å². The number of aliphatic hydroxyl groups is 1. The first-order valence-electron chi connectivity index (χ1n) is 6.98. The number of hydrogen-bond donors (Lipinski definition) is 2. The highest BCUT2D eigenvalue weighted by Gasteiger charge is 2.25. The number of nitrogens with zero attached hydrogens (tertiary/aromatic N) is 1. The van der Waals surface area contributed by atoms with Gasteiger partial charge in [0.15, 0.2) is 0 Å². The highest BCUT2D eigenvalue weighted by Crippen LogP contribution is 2.28. The first-order valence-corrected chi connectivity index (χ1v) is 7.77. The SMILES string of the molecule is O=C(O)c1ccc(CN(CCCO)C2CCC2)c(Br)c1. The molecule has 0 aromatic heterocycles. The first-order chi connectivity index (χ1) is 9.61. The van der Waals surface area contributed by atoms with Crippen LogP contribution in [0.3, 0.4) is 0 Å². The molecule has 0 heterocycles. The van der Waals surface area contributed by atoms with E-state index in [0.29, 0.717) is 11.6 Å². The summed E-state index contributed by atoms with van der Waals surface area (Å²) in [5, 5.41) is 18.0. The summed E-state index contributed by atoms with van der Waals surface area (Å²) in [5.41, 5.74) is 1.39. The third-order valence-electron chi connectivity index (χ3n) is 3.87. The number of carboxylic acids is 1. The molecule has 0 spiro atoms. The molecule has 0 atom stereocenters. The smallest absolute Gasteiger partial charge is 0.335 e. The molecule has 20 heavy (non-hydrogen) atoms. The molecule has 1 aliphatic carbocycles. The van der Waals surface area contributed by atoms with Gasteiger partial charge in [0.1, 0.15) is 0 Å². The number of carbonyl (C=O) groups is 1. The van der Waals surface area contributed by atoms with Crippen molar-refractivity contribution >= 4 is 21.9 Å². The van der Waals surface area contributed by atoms with Gasteiger partial charge in [-0.2, -0.15) is 0 Å². The Morgan fingerprint density at radius 1 is 1.40 bits per heavy atom. The third kappa shape index (κ3) is 3.81. The summed E-state index contributed by atoms with van der Waals surface area (Å²) in [4.78, 5) is 13.3. The number of aromatic carboxylic acids is 1. The van der Waals surface area contributed by atoms with Crippen molar-refractivity contribution in [3.05, 3.63) is 33.8 Å². The van der Waals surface area contributed by atoms with Crippen LogP contribution in [0.1, 0.15) is 41.6 Å². The molecule has 1 saturated carbocycles. The lowest BCUT2D eigenvalue weighted by molar-refractivity contribution is 0.0696. The normalized spacial score (nSPS) is 15.3. The molecule has 1 fully saturated rings. The Morgan fingerprint density at radius 3 is 2.65 bits per heavy atom. The van der Waals surface area contributed by atoms with Crippen LogP contribution in [-0.4, -0.2) is 40.3 Å². The second-order valence-corrected chi connectivity index (χ2v) is 6.10. The Kier molecular flexibility index (Phi) is 5.57. The lowest BCUT2D eigenvalue weighted by Gasteiger charge is -2.37. The van der Waals surface area contributed by atoms with Gasteiger partial charge in [-0.3, -0.25) is 4.90 Å². The molecule has 0 amide bonds. The molecule has 4 nitrogen and oxygen atoms in total. The second-order valence-electron chi connectivity index (χ2n) is 5.24. The van der Waals surface area contributed by atoms with E-state index in [9.17, 15) is 4.79 Å². The van der Waals surface area contributed by atoms with Gasteiger partial charge in [-0.15, -0.1) is 0 Å². The molecule has 2 N–H and O–H groups in total. The molecule has 0 aliphatic heterocycles. The molecule has 1 aliphatic rings. The second kappa shape index (κ2) is 7.20. The molecule has 1 aromatic rings. The topological polar surface area (TPSA) is 60.8 Å². The predicted octanol–water partition coefficient (Wildman–Crippen LogP) is 2.88. The fourth-order valence-corrected chi connectivity index (χ4v) is 2.95. The number of benzene rings is 1. The average molecular weight is 342 g/mol. The Labute approximate surface area is 127 Å². The van der Waals surface area contributed by atoms with Crippen LogP contribution < -0.4 is 0 Å². The van der Waals surface area contributed by atoms with E-state index in [1.165, 1.54) is 19.3 Å². The average Bonchev–Trinajstić information content (AvgIpc) is 2.35. The zero-order valence-corrected chi connectivity index (χ0v) is 13.0. The van der Waals surface area contributed by atoms with Crippen molar-refractivity contribution in [1.29, 1.82) is 0 Å². The summed E-state index contributed by atoms with van der Waals surface area (Å²) in [6.07, 6.45) is 4.49. The number of rotatable bonds is 7. The van der Waals surface area contributed by atoms with E-state index in [2.05, 4.69) is 20.8 Å². The van der Waals surface area contributed by atoms with Crippen molar-refractivity contribution in [1.82, 2.24) is 4.90 Å². The van der Waals surface area contributed by atoms with E-state index in [4.69, 9.17) is 10.2 Å². The summed E-state index contributed by atoms with van der Waals surface area (Å²) in [6, 6.07) is 5.78. The van der Waals surface area contributed by atoms with Gasteiger partial charge in [-0.05, 0) is 37.0 Å². The van der Waals surface area contributed by atoms with E-state index < -0.39 is 5.97 Å². The molecule has 110 valence electrons. The minimum atomic E-state index is -0.909. The largest absolute Gasteiger partial charge is 0.478 e. The zero-order valence-electron chi connectivity index (χ0n) is 11.4. The van der Waals surface area contributed by atoms with Crippen LogP contribution in [-0.2, 0) is 6.54 Å². The van der Waals surface area contributed by atoms with Crippen LogP contribution in [0.2, 0.25) is 0 Å². The molecule has 0 radical (unpaired) electrons. The standard InChI is InChI=1S/C15H20BrNO3/c16-14-9-11(15(19)20)5-6-12(14)10-17(7-2-8-18)13-3-1-4-13/h5-6,9,13,18H,1-4,7-8,10H2,(H,19,20). The minimum absolute atomic E-state index is 0.211. The highest BCUT2D eigenvalue weighted by molar-refractivity contribution is 9.10. The van der Waals surface area contributed by atoms with Gasteiger partial charge in [0.25, 0.3) is 0 Å². The summed E-state index contributed by atoms with van der Waals surface area (Å²) in [7, 11) is 0. The van der Waals surface area contributed by atoms with Crippen LogP contribution in [0.25, 0.3) is 0 Å². The van der Waals surface area contributed by atoms with Crippen LogP contribution in [0.15, 0.2) is 22.7 Å². The van der Waals surface area contributed by atoms with Gasteiger partial charge < -0.3 is 10.2 Å². The van der Waals surface area contributed by atoms with Crippen molar-refractivity contribution < 1.29 is 15.0 Å². The monoisotopic (exact) mass is 341 g/mol. The molecular formula is C15H20BrNO3. The number of carboxylic acid groups (broad SMARTS) is 1. The van der Waals surface area contributed by atoms with Crippen molar-refractivity contribution in [3.8, 4) is 0 Å². The van der Waals surface area contributed by atoms with Crippen LogP contribution >= 0.6 is 15.9 Å². The molecule has 2 rings (SSSR count). The fraction of sp³-hybridized carbons (Fsp3) is 0.533. The Hall–Kier alpha value is -0.910. The third-order valence-corrected chi connectivity index (χ3v) is 4.61. The maximum absolute atomic E-state index is 10.9. The van der Waals surface area contributed by atoms with Crippen molar-refractivity contribution in [2.75, 3.05) is 13.2 Å². The Bertz CT molecular complexity index is 474. The quantitative estimate of drug-likeness (QED) is 0.800. The summed E-state index contributed by atoms with van der Waals surface area (Å²) in [5.74, 6) is -0.909. The Morgan fingerprint density at radius 2 is 2.15 bits per heavy atom. The number of halogens is 1. The molecule has 1 aromatic carbocycles. The van der Waals surface area contributed by atoms with E-state index in [1.54, 1.807) is 12.1 Å². The molecule has 5 heteroatoms. The van der Waals surface area contributed by atoms with Crippen LogP contribution in [0.4, 0.5) is 0 Å². The Balaban J connectivity index is 2.07. The predicted molar refractivity (Wildman–Crippen MR) is 80.9 cm³/mol. The molecule has 0 bridgehead atoms.